The van der Waals surface area contributed by atoms with Crippen molar-refractivity contribution < 1.29 is 18.7 Å². The van der Waals surface area contributed by atoms with Gasteiger partial charge in [0.1, 0.15) is 11.5 Å². The minimum absolute atomic E-state index is 0.103. The predicted octanol–water partition coefficient (Wildman–Crippen LogP) is 3.52. The van der Waals surface area contributed by atoms with E-state index in [1.54, 1.807) is 27.3 Å². The quantitative estimate of drug-likeness (QED) is 0.623. The Morgan fingerprint density at radius 1 is 1.07 bits per heavy atom. The molecule has 7 heteroatoms. The van der Waals surface area contributed by atoms with E-state index in [0.717, 1.165) is 29.1 Å². The van der Waals surface area contributed by atoms with Gasteiger partial charge in [0.2, 0.25) is 5.91 Å². The van der Waals surface area contributed by atoms with Gasteiger partial charge in [-0.15, -0.1) is 0 Å². The van der Waals surface area contributed by atoms with Gasteiger partial charge < -0.3 is 23.7 Å². The van der Waals surface area contributed by atoms with E-state index < -0.39 is 0 Å². The average Bonchev–Trinajstić information content (AvgIpc) is 3.21. The van der Waals surface area contributed by atoms with Gasteiger partial charge in [0.05, 0.1) is 32.5 Å². The Kier molecular flexibility index (Phi) is 5.61. The lowest BCUT2D eigenvalue weighted by Gasteiger charge is -2.36. The fraction of sp³-hybridized carbons (Fsp3) is 0.304. The summed E-state index contributed by atoms with van der Waals surface area (Å²) < 4.78 is 16.4. The van der Waals surface area contributed by atoms with Crippen LogP contribution in [0.15, 0.2) is 53.1 Å². The summed E-state index contributed by atoms with van der Waals surface area (Å²) in [5, 5.41) is 0. The van der Waals surface area contributed by atoms with E-state index in [1.165, 1.54) is 0 Å². The number of anilines is 1. The first kappa shape index (κ1) is 19.8. The third kappa shape index (κ3) is 4.10. The van der Waals surface area contributed by atoms with E-state index >= 15 is 0 Å². The number of rotatable bonds is 6. The molecule has 2 heterocycles. The second-order valence-corrected chi connectivity index (χ2v) is 7.21. The number of carbonyl (C=O) groups is 1. The molecule has 1 amide bonds. The van der Waals surface area contributed by atoms with Crippen LogP contribution in [-0.4, -0.2) is 49.6 Å². The van der Waals surface area contributed by atoms with Crippen LogP contribution in [0.25, 0.3) is 11.3 Å². The molecule has 3 aromatic rings. The minimum atomic E-state index is 0.103. The van der Waals surface area contributed by atoms with Crippen LogP contribution in [0.3, 0.4) is 0 Å². The molecule has 0 atom stereocenters. The van der Waals surface area contributed by atoms with Crippen LogP contribution in [0, 0.1) is 6.92 Å². The molecule has 1 aliphatic rings. The van der Waals surface area contributed by atoms with Crippen LogP contribution in [0.2, 0.25) is 0 Å². The molecule has 1 saturated heterocycles. The zero-order valence-corrected chi connectivity index (χ0v) is 17.4. The highest BCUT2D eigenvalue weighted by atomic mass is 16.5. The number of hydrogen-bond donors (Lipinski definition) is 0. The van der Waals surface area contributed by atoms with Crippen molar-refractivity contribution in [1.82, 2.24) is 9.88 Å². The summed E-state index contributed by atoms with van der Waals surface area (Å²) in [6.07, 6.45) is 1.69. The first-order valence-electron chi connectivity index (χ1n) is 9.84. The van der Waals surface area contributed by atoms with Crippen molar-refractivity contribution in [3.05, 3.63) is 60.1 Å². The van der Waals surface area contributed by atoms with Gasteiger partial charge in [-0.25, -0.2) is 4.98 Å². The average molecular weight is 407 g/mol. The number of aryl methyl sites for hydroxylation is 1. The fourth-order valence-corrected chi connectivity index (χ4v) is 3.61. The van der Waals surface area contributed by atoms with Gasteiger partial charge in [0.15, 0.2) is 11.7 Å². The minimum Gasteiger partial charge on any atom is -0.497 e. The summed E-state index contributed by atoms with van der Waals surface area (Å²) in [5.41, 5.74) is 2.88. The lowest BCUT2D eigenvalue weighted by Crippen LogP contribution is -2.50. The van der Waals surface area contributed by atoms with Crippen LogP contribution in [0.4, 0.5) is 5.69 Å². The lowest BCUT2D eigenvalue weighted by atomic mass is 10.1. The summed E-state index contributed by atoms with van der Waals surface area (Å²) in [6.45, 7) is 4.16. The van der Waals surface area contributed by atoms with E-state index in [0.29, 0.717) is 37.0 Å². The number of nitrogens with zero attached hydrogens (tertiary/aromatic N) is 3. The van der Waals surface area contributed by atoms with Crippen LogP contribution >= 0.6 is 0 Å². The standard InChI is InChI=1S/C23H25N3O4/c1-16-24-13-22(30-16)20-9-6-18(12-21(20)29-3)25-10-11-26(23(27)15-25)14-17-4-7-19(28-2)8-5-17/h4-9,12-13H,10-11,14-15H2,1-3H3. The van der Waals surface area contributed by atoms with Crippen molar-refractivity contribution in [2.24, 2.45) is 0 Å². The fourth-order valence-electron chi connectivity index (χ4n) is 3.61. The second kappa shape index (κ2) is 8.49. The van der Waals surface area contributed by atoms with Gasteiger partial charge in [-0.3, -0.25) is 4.79 Å². The number of methoxy groups -OCH3 is 2. The maximum atomic E-state index is 12.8. The topological polar surface area (TPSA) is 68.0 Å². The summed E-state index contributed by atoms with van der Waals surface area (Å²) in [6, 6.07) is 13.7. The molecule has 30 heavy (non-hydrogen) atoms. The molecule has 0 radical (unpaired) electrons. The zero-order valence-electron chi connectivity index (χ0n) is 17.4. The Bertz CT molecular complexity index is 1030. The van der Waals surface area contributed by atoms with E-state index in [2.05, 4.69) is 9.88 Å². The Balaban J connectivity index is 1.45. The number of benzene rings is 2. The van der Waals surface area contributed by atoms with Crippen molar-refractivity contribution in [2.75, 3.05) is 38.8 Å². The highest BCUT2D eigenvalue weighted by Crippen LogP contribution is 2.34. The summed E-state index contributed by atoms with van der Waals surface area (Å²) in [7, 11) is 3.27. The number of aromatic nitrogens is 1. The number of oxazole rings is 1. The maximum absolute atomic E-state index is 12.8. The summed E-state index contributed by atoms with van der Waals surface area (Å²) in [4.78, 5) is 20.9. The third-order valence-corrected chi connectivity index (χ3v) is 5.29. The molecule has 7 nitrogen and oxygen atoms in total. The van der Waals surface area contributed by atoms with Crippen LogP contribution in [-0.2, 0) is 11.3 Å². The molecular weight excluding hydrogens is 382 g/mol. The lowest BCUT2D eigenvalue weighted by molar-refractivity contribution is -0.131. The van der Waals surface area contributed by atoms with Gasteiger partial charge in [-0.2, -0.15) is 0 Å². The van der Waals surface area contributed by atoms with Crippen LogP contribution < -0.4 is 14.4 Å². The number of carbonyl (C=O) groups excluding carboxylic acids is 1. The van der Waals surface area contributed by atoms with Gasteiger partial charge in [-0.1, -0.05) is 12.1 Å². The van der Waals surface area contributed by atoms with Crippen molar-refractivity contribution in [2.45, 2.75) is 13.5 Å². The molecule has 0 unspecified atom stereocenters. The van der Waals surface area contributed by atoms with E-state index in [4.69, 9.17) is 13.9 Å². The molecule has 1 fully saturated rings. The van der Waals surface area contributed by atoms with Gasteiger partial charge in [0, 0.05) is 38.3 Å². The first-order valence-corrected chi connectivity index (χ1v) is 9.84. The van der Waals surface area contributed by atoms with Crippen molar-refractivity contribution in [3.8, 4) is 22.8 Å². The number of hydrogen-bond acceptors (Lipinski definition) is 6. The largest absolute Gasteiger partial charge is 0.497 e. The molecular formula is C23H25N3O4. The molecule has 2 aromatic carbocycles. The number of amides is 1. The van der Waals surface area contributed by atoms with Crippen LogP contribution in [0.5, 0.6) is 11.5 Å². The SMILES string of the molecule is COc1ccc(CN2CCN(c3ccc(-c4cnc(C)o4)c(OC)c3)CC2=O)cc1. The monoisotopic (exact) mass is 407 g/mol. The molecule has 0 aliphatic carbocycles. The molecule has 0 saturated carbocycles. The molecule has 1 aromatic heterocycles. The van der Waals surface area contributed by atoms with E-state index in [1.807, 2.05) is 47.4 Å². The molecule has 4 rings (SSSR count). The number of piperazine rings is 1. The maximum Gasteiger partial charge on any atom is 0.242 e. The smallest absolute Gasteiger partial charge is 0.242 e. The molecule has 0 N–H and O–H groups in total. The Hall–Kier alpha value is -3.48. The Morgan fingerprint density at radius 2 is 1.87 bits per heavy atom. The van der Waals surface area contributed by atoms with Gasteiger partial charge in [0.25, 0.3) is 0 Å². The Morgan fingerprint density at radius 3 is 2.50 bits per heavy atom. The molecule has 156 valence electrons. The summed E-state index contributed by atoms with van der Waals surface area (Å²) in [5.74, 6) is 2.88. The third-order valence-electron chi connectivity index (χ3n) is 5.29. The highest BCUT2D eigenvalue weighted by Gasteiger charge is 2.25. The van der Waals surface area contributed by atoms with Gasteiger partial charge >= 0.3 is 0 Å². The Labute approximate surface area is 175 Å². The van der Waals surface area contributed by atoms with Crippen molar-refractivity contribution in [3.63, 3.8) is 0 Å². The molecule has 0 bridgehead atoms. The first-order chi connectivity index (χ1) is 14.6. The van der Waals surface area contributed by atoms with E-state index in [9.17, 15) is 4.79 Å². The second-order valence-electron chi connectivity index (χ2n) is 7.21. The van der Waals surface area contributed by atoms with Gasteiger partial charge in [-0.05, 0) is 29.8 Å². The molecule has 1 aliphatic heterocycles. The van der Waals surface area contributed by atoms with Crippen LogP contribution in [0.1, 0.15) is 11.5 Å². The highest BCUT2D eigenvalue weighted by molar-refractivity contribution is 5.83. The van der Waals surface area contributed by atoms with Crippen molar-refractivity contribution >= 4 is 11.6 Å². The zero-order chi connectivity index (χ0) is 21.1. The summed E-state index contributed by atoms with van der Waals surface area (Å²) >= 11 is 0. The predicted molar refractivity (Wildman–Crippen MR) is 114 cm³/mol. The molecule has 0 spiro atoms. The van der Waals surface area contributed by atoms with E-state index in [-0.39, 0.29) is 5.91 Å². The van der Waals surface area contributed by atoms with Crippen molar-refractivity contribution in [1.29, 1.82) is 0 Å². The normalized spacial score (nSPS) is 14.2. The number of ether oxygens (including phenoxy) is 2.